The number of benzene rings is 1. The van der Waals surface area contributed by atoms with Crippen LogP contribution >= 0.6 is 11.3 Å². The molecule has 0 bridgehead atoms. The summed E-state index contributed by atoms with van der Waals surface area (Å²) in [6.45, 7) is 10.6. The Morgan fingerprint density at radius 1 is 1.15 bits per heavy atom. The maximum Gasteiger partial charge on any atom is 0.251 e. The van der Waals surface area contributed by atoms with E-state index in [1.165, 1.54) is 11.1 Å². The van der Waals surface area contributed by atoms with Gasteiger partial charge >= 0.3 is 0 Å². The zero-order chi connectivity index (χ0) is 18.6. The van der Waals surface area contributed by atoms with Crippen molar-refractivity contribution >= 4 is 17.2 Å². The molecule has 0 saturated carbocycles. The number of nitrogens with zero attached hydrogens (tertiary/aromatic N) is 1. The molecule has 0 unspecified atom stereocenters. The monoisotopic (exact) mass is 370 g/mol. The molecule has 4 heteroatoms. The van der Waals surface area contributed by atoms with E-state index in [1.807, 2.05) is 12.1 Å². The lowest BCUT2D eigenvalue weighted by Gasteiger charge is -2.31. The van der Waals surface area contributed by atoms with Crippen molar-refractivity contribution in [1.29, 1.82) is 0 Å². The van der Waals surface area contributed by atoms with Crippen LogP contribution < -0.4 is 5.32 Å². The lowest BCUT2D eigenvalue weighted by Crippen LogP contribution is -2.38. The van der Waals surface area contributed by atoms with Crippen LogP contribution in [0.4, 0.5) is 0 Å². The second-order valence-corrected chi connectivity index (χ2v) is 9.17. The van der Waals surface area contributed by atoms with Gasteiger partial charge in [-0.1, -0.05) is 32.9 Å². The lowest BCUT2D eigenvalue weighted by atomic mass is 9.86. The van der Waals surface area contributed by atoms with Gasteiger partial charge in [0.1, 0.15) is 0 Å². The summed E-state index contributed by atoms with van der Waals surface area (Å²) in [5, 5.41) is 7.51. The maximum absolute atomic E-state index is 12.4. The zero-order valence-corrected chi connectivity index (χ0v) is 16.9. The second kappa shape index (κ2) is 8.36. The van der Waals surface area contributed by atoms with Crippen LogP contribution in [0.3, 0.4) is 0 Å². The highest BCUT2D eigenvalue weighted by molar-refractivity contribution is 7.07. The number of hydrogen-bond acceptors (Lipinski definition) is 3. The molecule has 1 saturated heterocycles. The van der Waals surface area contributed by atoms with Gasteiger partial charge in [0.15, 0.2) is 0 Å². The Bertz CT molecular complexity index is 693. The molecular weight excluding hydrogens is 340 g/mol. The summed E-state index contributed by atoms with van der Waals surface area (Å²) >= 11 is 1.77. The number of piperidine rings is 1. The van der Waals surface area contributed by atoms with Gasteiger partial charge in [0.25, 0.3) is 5.91 Å². The predicted octanol–water partition coefficient (Wildman–Crippen LogP) is 4.69. The number of nitrogens with one attached hydrogen (secondary N) is 1. The molecule has 3 nitrogen and oxygen atoms in total. The first-order chi connectivity index (χ1) is 12.4. The van der Waals surface area contributed by atoms with Gasteiger partial charge in [-0.05, 0) is 77.4 Å². The van der Waals surface area contributed by atoms with Crippen molar-refractivity contribution in [1.82, 2.24) is 10.2 Å². The molecule has 26 heavy (non-hydrogen) atoms. The fourth-order valence-electron chi connectivity index (χ4n) is 3.45. The molecule has 1 aliphatic rings. The summed E-state index contributed by atoms with van der Waals surface area (Å²) in [4.78, 5) is 14.9. The SMILES string of the molecule is CC(C)(C)c1ccc(C(=O)NCC2CCN(Cc3ccsc3)CC2)cc1. The Kier molecular flexibility index (Phi) is 6.15. The van der Waals surface area contributed by atoms with Crippen LogP contribution in [0.15, 0.2) is 41.1 Å². The minimum Gasteiger partial charge on any atom is -0.352 e. The Balaban J connectivity index is 1.42. The molecule has 0 radical (unpaired) electrons. The van der Waals surface area contributed by atoms with Crippen molar-refractivity contribution in [2.24, 2.45) is 5.92 Å². The van der Waals surface area contributed by atoms with Gasteiger partial charge in [-0.2, -0.15) is 11.3 Å². The number of likely N-dealkylation sites (tertiary alicyclic amines) is 1. The Morgan fingerprint density at radius 2 is 1.85 bits per heavy atom. The minimum atomic E-state index is 0.0474. The molecule has 1 amide bonds. The quantitative estimate of drug-likeness (QED) is 0.828. The van der Waals surface area contributed by atoms with Crippen molar-refractivity contribution in [3.63, 3.8) is 0 Å². The molecule has 0 atom stereocenters. The van der Waals surface area contributed by atoms with Crippen LogP contribution in [0.25, 0.3) is 0 Å². The third-order valence-electron chi connectivity index (χ3n) is 5.26. The van der Waals surface area contributed by atoms with Crippen LogP contribution in [-0.4, -0.2) is 30.4 Å². The van der Waals surface area contributed by atoms with E-state index in [9.17, 15) is 4.79 Å². The van der Waals surface area contributed by atoms with Crippen molar-refractivity contribution in [2.45, 2.75) is 45.6 Å². The van der Waals surface area contributed by atoms with Gasteiger partial charge < -0.3 is 5.32 Å². The molecule has 2 aromatic rings. The van der Waals surface area contributed by atoms with E-state index in [-0.39, 0.29) is 11.3 Å². The van der Waals surface area contributed by atoms with Gasteiger partial charge in [0, 0.05) is 18.7 Å². The second-order valence-electron chi connectivity index (χ2n) is 8.39. The number of hydrogen-bond donors (Lipinski definition) is 1. The van der Waals surface area contributed by atoms with E-state index < -0.39 is 0 Å². The van der Waals surface area contributed by atoms with Crippen molar-refractivity contribution in [2.75, 3.05) is 19.6 Å². The highest BCUT2D eigenvalue weighted by atomic mass is 32.1. The predicted molar refractivity (Wildman–Crippen MR) is 110 cm³/mol. The number of carbonyl (C=O) groups excluding carboxylic acids is 1. The van der Waals surface area contributed by atoms with Crippen molar-refractivity contribution in [3.05, 3.63) is 57.8 Å². The maximum atomic E-state index is 12.4. The van der Waals surface area contributed by atoms with E-state index in [1.54, 1.807) is 11.3 Å². The molecule has 0 aliphatic carbocycles. The Morgan fingerprint density at radius 3 is 2.42 bits per heavy atom. The summed E-state index contributed by atoms with van der Waals surface area (Å²) in [5.41, 5.74) is 3.55. The minimum absolute atomic E-state index is 0.0474. The van der Waals surface area contributed by atoms with Crippen molar-refractivity contribution < 1.29 is 4.79 Å². The molecular formula is C22H30N2OS. The molecule has 1 aromatic carbocycles. The van der Waals surface area contributed by atoms with E-state index >= 15 is 0 Å². The van der Waals surface area contributed by atoms with Crippen LogP contribution in [0.2, 0.25) is 0 Å². The third-order valence-corrected chi connectivity index (χ3v) is 5.99. The first-order valence-electron chi connectivity index (χ1n) is 9.54. The summed E-state index contributed by atoms with van der Waals surface area (Å²) in [7, 11) is 0. The normalized spacial score (nSPS) is 16.6. The third kappa shape index (κ3) is 5.18. The molecule has 1 aromatic heterocycles. The van der Waals surface area contributed by atoms with E-state index in [0.717, 1.165) is 44.6 Å². The number of thiophene rings is 1. The summed E-state index contributed by atoms with van der Waals surface area (Å²) < 4.78 is 0. The highest BCUT2D eigenvalue weighted by Gasteiger charge is 2.20. The standard InChI is InChI=1S/C22H30N2OS/c1-22(2,3)20-6-4-19(5-7-20)21(25)23-14-17-8-11-24(12-9-17)15-18-10-13-26-16-18/h4-7,10,13,16-17H,8-9,11-12,14-15H2,1-3H3,(H,23,25). The van der Waals surface area contributed by atoms with Crippen LogP contribution in [-0.2, 0) is 12.0 Å². The molecule has 3 rings (SSSR count). The highest BCUT2D eigenvalue weighted by Crippen LogP contribution is 2.22. The Hall–Kier alpha value is -1.65. The fourth-order valence-corrected chi connectivity index (χ4v) is 4.11. The largest absolute Gasteiger partial charge is 0.352 e. The van der Waals surface area contributed by atoms with Crippen LogP contribution in [0.1, 0.15) is 55.1 Å². The topological polar surface area (TPSA) is 32.3 Å². The average molecular weight is 371 g/mol. The van der Waals surface area contributed by atoms with E-state index in [0.29, 0.717) is 5.92 Å². The molecule has 2 heterocycles. The number of rotatable bonds is 5. The molecule has 0 spiro atoms. The first kappa shape index (κ1) is 19.1. The Labute approximate surface area is 161 Å². The number of amides is 1. The summed E-state index contributed by atoms with van der Waals surface area (Å²) in [6, 6.07) is 10.2. The first-order valence-corrected chi connectivity index (χ1v) is 10.5. The van der Waals surface area contributed by atoms with Crippen LogP contribution in [0, 0.1) is 5.92 Å². The molecule has 140 valence electrons. The molecule has 1 aliphatic heterocycles. The van der Waals surface area contributed by atoms with Crippen LogP contribution in [0.5, 0.6) is 0 Å². The van der Waals surface area contributed by atoms with E-state index in [2.05, 4.69) is 59.9 Å². The fraction of sp³-hybridized carbons (Fsp3) is 0.500. The van der Waals surface area contributed by atoms with Gasteiger partial charge in [-0.15, -0.1) is 0 Å². The van der Waals surface area contributed by atoms with Gasteiger partial charge in [0.2, 0.25) is 0 Å². The molecule has 1 N–H and O–H groups in total. The van der Waals surface area contributed by atoms with E-state index in [4.69, 9.17) is 0 Å². The van der Waals surface area contributed by atoms with Crippen molar-refractivity contribution in [3.8, 4) is 0 Å². The summed E-state index contributed by atoms with van der Waals surface area (Å²) in [6.07, 6.45) is 2.32. The summed E-state index contributed by atoms with van der Waals surface area (Å²) in [5.74, 6) is 0.637. The zero-order valence-electron chi connectivity index (χ0n) is 16.1. The molecule has 1 fully saturated rings. The average Bonchev–Trinajstić information content (AvgIpc) is 3.13. The van der Waals surface area contributed by atoms with Gasteiger partial charge in [0.05, 0.1) is 0 Å². The smallest absolute Gasteiger partial charge is 0.251 e. The van der Waals surface area contributed by atoms with Gasteiger partial charge in [-0.3, -0.25) is 9.69 Å². The van der Waals surface area contributed by atoms with Gasteiger partial charge in [-0.25, -0.2) is 0 Å². The number of carbonyl (C=O) groups is 1. The lowest BCUT2D eigenvalue weighted by molar-refractivity contribution is 0.0935.